The summed E-state index contributed by atoms with van der Waals surface area (Å²) in [6, 6.07) is 6.97. The number of benzene rings is 1. The lowest BCUT2D eigenvalue weighted by molar-refractivity contribution is -0.118. The van der Waals surface area contributed by atoms with Crippen LogP contribution in [0.15, 0.2) is 29.3 Å². The first kappa shape index (κ1) is 20.3. The molecule has 0 saturated heterocycles. The molecule has 0 spiro atoms. The number of methoxy groups -OCH3 is 1. The Hall–Kier alpha value is -2.45. The van der Waals surface area contributed by atoms with E-state index in [4.69, 9.17) is 0 Å². The molecule has 1 aromatic carbocycles. The highest BCUT2D eigenvalue weighted by atomic mass is 32.2. The van der Waals surface area contributed by atoms with Crippen molar-refractivity contribution in [3.63, 3.8) is 0 Å². The van der Waals surface area contributed by atoms with Crippen LogP contribution >= 0.6 is 23.1 Å². The van der Waals surface area contributed by atoms with Gasteiger partial charge in [0.05, 0.1) is 18.4 Å². The van der Waals surface area contributed by atoms with E-state index < -0.39 is 0 Å². The minimum Gasteiger partial charge on any atom is -0.465 e. The van der Waals surface area contributed by atoms with Gasteiger partial charge in [0.15, 0.2) is 0 Å². The highest BCUT2D eigenvalue weighted by Gasteiger charge is 2.15. The number of nitrogens with zero attached hydrogens (tertiary/aromatic N) is 2. The Kier molecular flexibility index (Phi) is 6.31. The molecule has 0 aliphatic carbocycles. The van der Waals surface area contributed by atoms with E-state index in [0.29, 0.717) is 17.9 Å². The van der Waals surface area contributed by atoms with Crippen molar-refractivity contribution in [2.75, 3.05) is 12.9 Å². The van der Waals surface area contributed by atoms with E-state index in [1.54, 1.807) is 35.6 Å². The minimum atomic E-state index is -0.377. The van der Waals surface area contributed by atoms with Crippen molar-refractivity contribution < 1.29 is 14.3 Å². The van der Waals surface area contributed by atoms with Gasteiger partial charge in [-0.2, -0.15) is 0 Å². The number of carbonyl (C=O) groups excluding carboxylic acids is 2. The van der Waals surface area contributed by atoms with Crippen molar-refractivity contribution in [1.82, 2.24) is 15.3 Å². The summed E-state index contributed by atoms with van der Waals surface area (Å²) in [5.41, 5.74) is 2.57. The number of nitrogens with one attached hydrogen (secondary N) is 1. The Morgan fingerprint density at radius 1 is 1.14 bits per heavy atom. The average Bonchev–Trinajstić information content (AvgIpc) is 2.97. The van der Waals surface area contributed by atoms with Crippen LogP contribution in [0.4, 0.5) is 0 Å². The van der Waals surface area contributed by atoms with Crippen LogP contribution in [0.3, 0.4) is 0 Å². The normalized spacial score (nSPS) is 10.9. The van der Waals surface area contributed by atoms with Crippen LogP contribution < -0.4 is 5.32 Å². The van der Waals surface area contributed by atoms with Gasteiger partial charge in [0.25, 0.3) is 0 Å². The molecule has 0 saturated carbocycles. The average molecular weight is 416 g/mol. The van der Waals surface area contributed by atoms with Crippen molar-refractivity contribution in [2.24, 2.45) is 0 Å². The molecule has 6 nitrogen and oxygen atoms in total. The summed E-state index contributed by atoms with van der Waals surface area (Å²) in [4.78, 5) is 35.0. The van der Waals surface area contributed by atoms with E-state index in [9.17, 15) is 9.59 Å². The highest BCUT2D eigenvalue weighted by molar-refractivity contribution is 8.00. The number of carbonyl (C=O) groups is 2. The Morgan fingerprint density at radius 3 is 2.54 bits per heavy atom. The molecule has 0 bridgehead atoms. The van der Waals surface area contributed by atoms with Gasteiger partial charge < -0.3 is 10.1 Å². The van der Waals surface area contributed by atoms with Gasteiger partial charge in [-0.1, -0.05) is 23.9 Å². The number of ether oxygens (including phenoxy) is 1. The summed E-state index contributed by atoms with van der Waals surface area (Å²) in [7, 11) is 1.35. The van der Waals surface area contributed by atoms with E-state index in [1.807, 2.05) is 6.92 Å². The van der Waals surface area contributed by atoms with Crippen molar-refractivity contribution in [2.45, 2.75) is 32.3 Å². The molecule has 0 aliphatic heterocycles. The molecule has 0 unspecified atom stereocenters. The summed E-state index contributed by atoms with van der Waals surface area (Å²) < 4.78 is 4.68. The Balaban J connectivity index is 1.60. The standard InChI is InChI=1S/C20H21N3O3S2/c1-11-12(2)28-19-17(11)18(22-13(3)23-19)27-10-16(24)21-9-14-5-7-15(8-6-14)20(25)26-4/h5-8H,9-10H2,1-4H3,(H,21,24). The van der Waals surface area contributed by atoms with Crippen LogP contribution in [0.1, 0.15) is 32.2 Å². The number of fused-ring (bicyclic) bond motifs is 1. The second kappa shape index (κ2) is 8.70. The SMILES string of the molecule is COC(=O)c1ccc(CNC(=O)CSc2nc(C)nc3sc(C)c(C)c23)cc1. The Morgan fingerprint density at radius 2 is 1.86 bits per heavy atom. The lowest BCUT2D eigenvalue weighted by Crippen LogP contribution is -2.24. The lowest BCUT2D eigenvalue weighted by atomic mass is 10.1. The summed E-state index contributed by atoms with van der Waals surface area (Å²) in [6.07, 6.45) is 0. The first-order chi connectivity index (χ1) is 13.4. The Labute approximate surface area is 171 Å². The third kappa shape index (κ3) is 4.51. The topological polar surface area (TPSA) is 81.2 Å². The molecular formula is C20H21N3O3S2. The summed E-state index contributed by atoms with van der Waals surface area (Å²) in [5, 5.41) is 4.79. The summed E-state index contributed by atoms with van der Waals surface area (Å²) >= 11 is 3.08. The van der Waals surface area contributed by atoms with E-state index in [2.05, 4.69) is 33.9 Å². The largest absolute Gasteiger partial charge is 0.465 e. The highest BCUT2D eigenvalue weighted by Crippen LogP contribution is 2.34. The molecule has 2 heterocycles. The second-order valence-corrected chi connectivity index (χ2v) is 8.46. The van der Waals surface area contributed by atoms with Crippen LogP contribution in [-0.4, -0.2) is 34.7 Å². The summed E-state index contributed by atoms with van der Waals surface area (Å²) in [6.45, 7) is 6.40. The fourth-order valence-electron chi connectivity index (χ4n) is 2.68. The van der Waals surface area contributed by atoms with Gasteiger partial charge in [0.1, 0.15) is 15.7 Å². The number of thiophene rings is 1. The van der Waals surface area contributed by atoms with Gasteiger partial charge in [0.2, 0.25) is 5.91 Å². The molecule has 1 N–H and O–H groups in total. The maximum absolute atomic E-state index is 12.3. The molecule has 146 valence electrons. The molecule has 0 atom stereocenters. The summed E-state index contributed by atoms with van der Waals surface area (Å²) in [5.74, 6) is 0.538. The fraction of sp³-hybridized carbons (Fsp3) is 0.300. The zero-order chi connectivity index (χ0) is 20.3. The van der Waals surface area contributed by atoms with E-state index in [1.165, 1.54) is 29.3 Å². The van der Waals surface area contributed by atoms with E-state index in [0.717, 1.165) is 20.8 Å². The number of hydrogen-bond donors (Lipinski definition) is 1. The van der Waals surface area contributed by atoms with Crippen LogP contribution in [0.25, 0.3) is 10.2 Å². The molecule has 2 aromatic heterocycles. The minimum absolute atomic E-state index is 0.0731. The smallest absolute Gasteiger partial charge is 0.337 e. The maximum Gasteiger partial charge on any atom is 0.337 e. The van der Waals surface area contributed by atoms with Crippen molar-refractivity contribution in [1.29, 1.82) is 0 Å². The van der Waals surface area contributed by atoms with Crippen LogP contribution in [0, 0.1) is 20.8 Å². The lowest BCUT2D eigenvalue weighted by Gasteiger charge is -2.07. The van der Waals surface area contributed by atoms with Crippen molar-refractivity contribution >= 4 is 45.2 Å². The monoisotopic (exact) mass is 415 g/mol. The van der Waals surface area contributed by atoms with Gasteiger partial charge >= 0.3 is 5.97 Å². The zero-order valence-electron chi connectivity index (χ0n) is 16.2. The molecule has 0 aliphatic rings. The molecule has 0 radical (unpaired) electrons. The number of esters is 1. The zero-order valence-corrected chi connectivity index (χ0v) is 17.8. The van der Waals surface area contributed by atoms with E-state index >= 15 is 0 Å². The molecule has 0 fully saturated rings. The first-order valence-corrected chi connectivity index (χ1v) is 10.5. The van der Waals surface area contributed by atoms with Gasteiger partial charge in [-0.3, -0.25) is 4.79 Å². The molecule has 1 amide bonds. The third-order valence-corrected chi connectivity index (χ3v) is 6.39. The number of amides is 1. The number of thioether (sulfide) groups is 1. The van der Waals surface area contributed by atoms with Crippen LogP contribution in [-0.2, 0) is 16.1 Å². The van der Waals surface area contributed by atoms with Gasteiger partial charge in [-0.15, -0.1) is 11.3 Å². The van der Waals surface area contributed by atoms with Crippen LogP contribution in [0.5, 0.6) is 0 Å². The van der Waals surface area contributed by atoms with Crippen LogP contribution in [0.2, 0.25) is 0 Å². The number of hydrogen-bond acceptors (Lipinski definition) is 7. The quantitative estimate of drug-likeness (QED) is 0.375. The molecule has 28 heavy (non-hydrogen) atoms. The number of aromatic nitrogens is 2. The first-order valence-electron chi connectivity index (χ1n) is 8.70. The van der Waals surface area contributed by atoms with Gasteiger partial charge in [-0.25, -0.2) is 14.8 Å². The number of aryl methyl sites for hydroxylation is 3. The van der Waals surface area contributed by atoms with Gasteiger partial charge in [0, 0.05) is 16.8 Å². The van der Waals surface area contributed by atoms with Crippen molar-refractivity contribution in [3.05, 3.63) is 51.7 Å². The predicted octanol–water partition coefficient (Wildman–Crippen LogP) is 3.81. The molecule has 3 rings (SSSR count). The van der Waals surface area contributed by atoms with E-state index in [-0.39, 0.29) is 17.6 Å². The Bertz CT molecular complexity index is 1030. The molecular weight excluding hydrogens is 394 g/mol. The third-order valence-electron chi connectivity index (χ3n) is 4.31. The second-order valence-electron chi connectivity index (χ2n) is 6.29. The van der Waals surface area contributed by atoms with Gasteiger partial charge in [-0.05, 0) is 44.0 Å². The number of rotatable bonds is 6. The molecule has 8 heteroatoms. The maximum atomic E-state index is 12.3. The predicted molar refractivity (Wildman–Crippen MR) is 112 cm³/mol. The fourth-order valence-corrected chi connectivity index (χ4v) is 4.78. The molecule has 3 aromatic rings. The van der Waals surface area contributed by atoms with Crippen molar-refractivity contribution in [3.8, 4) is 0 Å².